The molecule has 2 rings (SSSR count). The molecule has 2 aliphatic heterocycles. The van der Waals surface area contributed by atoms with Crippen LogP contribution in [0.15, 0.2) is 0 Å². The average Bonchev–Trinajstić information content (AvgIpc) is 2.53. The van der Waals surface area contributed by atoms with E-state index < -0.39 is 0 Å². The molecule has 0 aromatic heterocycles. The predicted octanol–water partition coefficient (Wildman–Crippen LogP) is 2.10. The van der Waals surface area contributed by atoms with Crippen molar-refractivity contribution >= 4 is 5.91 Å². The summed E-state index contributed by atoms with van der Waals surface area (Å²) in [5.41, 5.74) is 0. The summed E-state index contributed by atoms with van der Waals surface area (Å²) in [6, 6.07) is 0.567. The molecule has 4 heteroatoms. The number of rotatable bonds is 6. The molecule has 2 aliphatic rings. The van der Waals surface area contributed by atoms with Crippen molar-refractivity contribution in [3.8, 4) is 0 Å². The highest BCUT2D eigenvalue weighted by Crippen LogP contribution is 2.20. The zero-order chi connectivity index (χ0) is 15.1. The van der Waals surface area contributed by atoms with E-state index >= 15 is 0 Å². The van der Waals surface area contributed by atoms with Crippen molar-refractivity contribution in [1.82, 2.24) is 15.1 Å². The van der Waals surface area contributed by atoms with Crippen LogP contribution in [0.4, 0.5) is 0 Å². The third-order valence-electron chi connectivity index (χ3n) is 5.03. The van der Waals surface area contributed by atoms with Crippen molar-refractivity contribution in [2.24, 2.45) is 5.92 Å². The number of amides is 1. The molecule has 1 N–H and O–H groups in total. The number of nitrogens with zero attached hydrogens (tertiary/aromatic N) is 2. The lowest BCUT2D eigenvalue weighted by atomic mass is 9.91. The summed E-state index contributed by atoms with van der Waals surface area (Å²) < 4.78 is 0. The Morgan fingerprint density at radius 3 is 2.67 bits per heavy atom. The lowest BCUT2D eigenvalue weighted by Crippen LogP contribution is -2.49. The molecule has 2 fully saturated rings. The second kappa shape index (κ2) is 8.74. The van der Waals surface area contributed by atoms with Gasteiger partial charge in [0.15, 0.2) is 0 Å². The monoisotopic (exact) mass is 295 g/mol. The van der Waals surface area contributed by atoms with Crippen molar-refractivity contribution in [1.29, 1.82) is 0 Å². The summed E-state index contributed by atoms with van der Waals surface area (Å²) in [5.74, 6) is 1.05. The van der Waals surface area contributed by atoms with E-state index in [1.807, 2.05) is 0 Å². The molecule has 0 spiro atoms. The van der Waals surface area contributed by atoms with Crippen molar-refractivity contribution in [2.45, 2.75) is 58.4 Å². The van der Waals surface area contributed by atoms with Crippen molar-refractivity contribution in [2.75, 3.05) is 39.3 Å². The van der Waals surface area contributed by atoms with Crippen molar-refractivity contribution in [3.63, 3.8) is 0 Å². The van der Waals surface area contributed by atoms with Crippen LogP contribution in [-0.2, 0) is 4.79 Å². The number of carbonyl (C=O) groups excluding carboxylic acids is 1. The fourth-order valence-electron chi connectivity index (χ4n) is 3.62. The largest absolute Gasteiger partial charge is 0.342 e. The molecule has 0 saturated carbocycles. The van der Waals surface area contributed by atoms with Gasteiger partial charge >= 0.3 is 0 Å². The smallest absolute Gasteiger partial charge is 0.236 e. The Morgan fingerprint density at radius 2 is 1.95 bits per heavy atom. The first-order valence-corrected chi connectivity index (χ1v) is 8.94. The van der Waals surface area contributed by atoms with Crippen molar-refractivity contribution < 1.29 is 4.79 Å². The Balaban J connectivity index is 1.76. The summed E-state index contributed by atoms with van der Waals surface area (Å²) in [4.78, 5) is 16.8. The molecule has 21 heavy (non-hydrogen) atoms. The minimum Gasteiger partial charge on any atom is -0.342 e. The van der Waals surface area contributed by atoms with Crippen LogP contribution in [0.1, 0.15) is 52.4 Å². The van der Waals surface area contributed by atoms with Gasteiger partial charge in [0.05, 0.1) is 6.54 Å². The number of carbonyl (C=O) groups is 1. The van der Waals surface area contributed by atoms with Crippen LogP contribution < -0.4 is 5.32 Å². The van der Waals surface area contributed by atoms with Crippen LogP contribution in [0.5, 0.6) is 0 Å². The maximum Gasteiger partial charge on any atom is 0.236 e. The molecule has 0 aromatic rings. The van der Waals surface area contributed by atoms with E-state index in [0.717, 1.165) is 32.7 Å². The molecule has 4 nitrogen and oxygen atoms in total. The van der Waals surface area contributed by atoms with Crippen LogP contribution in [-0.4, -0.2) is 61.0 Å². The van der Waals surface area contributed by atoms with E-state index in [1.54, 1.807) is 0 Å². The van der Waals surface area contributed by atoms with Gasteiger partial charge in [0.25, 0.3) is 0 Å². The SMILES string of the molecule is CCCNC(C)C1CCCN(CC(=O)N2CCCCC2)C1. The normalized spacial score (nSPS) is 25.8. The molecular formula is C17H33N3O. The first-order chi connectivity index (χ1) is 10.2. The number of nitrogens with one attached hydrogen (secondary N) is 1. The van der Waals surface area contributed by atoms with Gasteiger partial charge in [-0.15, -0.1) is 0 Å². The van der Waals surface area contributed by atoms with E-state index in [9.17, 15) is 4.79 Å². The van der Waals surface area contributed by atoms with E-state index in [1.165, 1.54) is 38.5 Å². The lowest BCUT2D eigenvalue weighted by molar-refractivity contribution is -0.133. The zero-order valence-corrected chi connectivity index (χ0v) is 13.9. The third-order valence-corrected chi connectivity index (χ3v) is 5.03. The molecule has 2 unspecified atom stereocenters. The molecule has 1 amide bonds. The Kier molecular flexibility index (Phi) is 6.97. The van der Waals surface area contributed by atoms with Crippen LogP contribution in [0.2, 0.25) is 0 Å². The lowest BCUT2D eigenvalue weighted by Gasteiger charge is -2.37. The summed E-state index contributed by atoms with van der Waals surface area (Å²) in [7, 11) is 0. The van der Waals surface area contributed by atoms with Gasteiger partial charge in [0.2, 0.25) is 5.91 Å². The van der Waals surface area contributed by atoms with Crippen LogP contribution in [0.25, 0.3) is 0 Å². The van der Waals surface area contributed by atoms with Gasteiger partial charge in [-0.05, 0) is 64.5 Å². The first kappa shape index (κ1) is 16.8. The standard InChI is InChI=1S/C17H33N3O/c1-3-9-18-15(2)16-8-7-10-19(13-16)14-17(21)20-11-5-4-6-12-20/h15-16,18H,3-14H2,1-2H3. The molecule has 2 saturated heterocycles. The second-order valence-electron chi connectivity index (χ2n) is 6.82. The van der Waals surface area contributed by atoms with E-state index in [4.69, 9.17) is 0 Å². The topological polar surface area (TPSA) is 35.6 Å². The minimum atomic E-state index is 0.351. The number of piperidine rings is 2. The molecule has 2 heterocycles. The summed E-state index contributed by atoms with van der Waals surface area (Å²) in [5, 5.41) is 3.62. The molecule has 122 valence electrons. The molecule has 0 aliphatic carbocycles. The molecule has 2 atom stereocenters. The molecule has 0 aromatic carbocycles. The molecule has 0 bridgehead atoms. The fourth-order valence-corrected chi connectivity index (χ4v) is 3.62. The fraction of sp³-hybridized carbons (Fsp3) is 0.941. The van der Waals surface area contributed by atoms with E-state index in [0.29, 0.717) is 24.4 Å². The Morgan fingerprint density at radius 1 is 1.19 bits per heavy atom. The quantitative estimate of drug-likeness (QED) is 0.815. The predicted molar refractivity (Wildman–Crippen MR) is 87.4 cm³/mol. The third kappa shape index (κ3) is 5.26. The summed E-state index contributed by atoms with van der Waals surface area (Å²) in [6.07, 6.45) is 7.38. The zero-order valence-electron chi connectivity index (χ0n) is 13.9. The second-order valence-corrected chi connectivity index (χ2v) is 6.82. The summed E-state index contributed by atoms with van der Waals surface area (Å²) in [6.45, 7) is 10.4. The van der Waals surface area contributed by atoms with Crippen LogP contribution in [0, 0.1) is 5.92 Å². The van der Waals surface area contributed by atoms with Gasteiger partial charge in [-0.2, -0.15) is 0 Å². The van der Waals surface area contributed by atoms with Gasteiger partial charge in [0.1, 0.15) is 0 Å². The highest BCUT2D eigenvalue weighted by atomic mass is 16.2. The van der Waals surface area contributed by atoms with E-state index in [-0.39, 0.29) is 0 Å². The Hall–Kier alpha value is -0.610. The minimum absolute atomic E-state index is 0.351. The number of hydrogen-bond acceptors (Lipinski definition) is 3. The highest BCUT2D eigenvalue weighted by Gasteiger charge is 2.27. The summed E-state index contributed by atoms with van der Waals surface area (Å²) >= 11 is 0. The maximum atomic E-state index is 12.4. The van der Waals surface area contributed by atoms with Crippen LogP contribution >= 0.6 is 0 Å². The molecular weight excluding hydrogens is 262 g/mol. The number of hydrogen-bond donors (Lipinski definition) is 1. The van der Waals surface area contributed by atoms with Gasteiger partial charge in [0, 0.05) is 25.7 Å². The Labute approximate surface area is 130 Å². The Bertz CT molecular complexity index is 315. The number of likely N-dealkylation sites (tertiary alicyclic amines) is 2. The van der Waals surface area contributed by atoms with Gasteiger partial charge in [-0.1, -0.05) is 6.92 Å². The van der Waals surface area contributed by atoms with Gasteiger partial charge < -0.3 is 10.2 Å². The van der Waals surface area contributed by atoms with Crippen LogP contribution in [0.3, 0.4) is 0 Å². The van der Waals surface area contributed by atoms with Crippen molar-refractivity contribution in [3.05, 3.63) is 0 Å². The van der Waals surface area contributed by atoms with E-state index in [2.05, 4.69) is 29.0 Å². The van der Waals surface area contributed by atoms with Gasteiger partial charge in [-0.25, -0.2) is 0 Å². The molecule has 0 radical (unpaired) electrons. The maximum absolute atomic E-state index is 12.4. The highest BCUT2D eigenvalue weighted by molar-refractivity contribution is 5.78. The van der Waals surface area contributed by atoms with Gasteiger partial charge in [-0.3, -0.25) is 9.69 Å². The first-order valence-electron chi connectivity index (χ1n) is 8.94. The average molecular weight is 295 g/mol.